The normalized spacial score (nSPS) is 27.4. The van der Waals surface area contributed by atoms with Gasteiger partial charge in [0, 0.05) is 36.1 Å². The first-order valence-electron chi connectivity index (χ1n) is 19.1. The number of nitrogens with zero attached hydrogens (tertiary/aromatic N) is 1. The minimum absolute atomic E-state index is 0.0396. The van der Waals surface area contributed by atoms with Gasteiger partial charge < -0.3 is 25.2 Å². The molecule has 9 heteroatoms. The molecule has 2 bridgehead atoms. The molecule has 278 valence electrons. The number of carbonyl (C=O) groups is 2. The Morgan fingerprint density at radius 1 is 1.08 bits per heavy atom. The van der Waals surface area contributed by atoms with Gasteiger partial charge in [0.2, 0.25) is 5.91 Å². The first-order valence-corrected chi connectivity index (χ1v) is 19.1. The maximum Gasteiger partial charge on any atom is 0.255 e. The van der Waals surface area contributed by atoms with Crippen LogP contribution in [0.25, 0.3) is 11.1 Å². The van der Waals surface area contributed by atoms with Crippen molar-refractivity contribution in [3.8, 4) is 22.6 Å². The maximum absolute atomic E-state index is 14.3. The number of carbonyl (C=O) groups excluding carboxylic acids is 2. The Kier molecular flexibility index (Phi) is 10.4. The number of aliphatic hydroxyl groups is 1. The Bertz CT molecular complexity index is 1780. The number of nitrogens with one attached hydrogen (secondary N) is 2. The highest BCUT2D eigenvalue weighted by Gasteiger charge is 2.57. The lowest BCUT2D eigenvalue weighted by atomic mass is 9.45. The number of hydroxylamine groups is 2. The second kappa shape index (κ2) is 14.8. The van der Waals surface area contributed by atoms with Crippen LogP contribution >= 0.6 is 0 Å². The van der Waals surface area contributed by atoms with Crippen molar-refractivity contribution in [1.29, 1.82) is 0 Å². The van der Waals surface area contributed by atoms with E-state index in [9.17, 15) is 14.7 Å². The molecule has 5 aliphatic rings. The third-order valence-electron chi connectivity index (χ3n) is 12.8. The molecule has 3 aromatic rings. The molecule has 3 saturated carbocycles. The number of ether oxygens (including phenoxy) is 2. The predicted octanol–water partition coefficient (Wildman–Crippen LogP) is 6.21. The highest BCUT2D eigenvalue weighted by Crippen LogP contribution is 2.61. The standard InChI is InChI=1S/C43H55N3O6/c1-25(2)37-36(24-47)52-46(38(37)42(49)45-35-22-31-21-34(26(35)3)43(31,4)5)23-29-13-10-14-32(39(29)50-6)30-19-28-16-18-51-40(28)33(20-30)41(48)44-17-15-27-11-8-7-9-12-27/h7-14,19-20,25-26,31,34-38,47H,15-18,21-24H2,1-6H3,(H,44,48)(H,45,49)/t26-,31-,34+,35-,36-,37?,38-/m0/s1. The van der Waals surface area contributed by atoms with Crippen LogP contribution in [0.5, 0.6) is 11.5 Å². The minimum Gasteiger partial charge on any atom is -0.496 e. The topological polar surface area (TPSA) is 109 Å². The van der Waals surface area contributed by atoms with Gasteiger partial charge in [0.05, 0.1) is 32.4 Å². The second-order valence-electron chi connectivity index (χ2n) is 16.3. The number of amides is 2. The van der Waals surface area contributed by atoms with Crippen LogP contribution in [0.4, 0.5) is 0 Å². The largest absolute Gasteiger partial charge is 0.496 e. The molecule has 0 spiro atoms. The summed E-state index contributed by atoms with van der Waals surface area (Å²) in [7, 11) is 1.65. The van der Waals surface area contributed by atoms with Gasteiger partial charge in [-0.3, -0.25) is 14.4 Å². The first-order chi connectivity index (χ1) is 25.0. The van der Waals surface area contributed by atoms with Crippen LogP contribution in [-0.4, -0.2) is 67.0 Å². The molecule has 52 heavy (non-hydrogen) atoms. The molecule has 2 amide bonds. The molecule has 8 rings (SSSR count). The zero-order chi connectivity index (χ0) is 36.7. The average Bonchev–Trinajstić information content (AvgIpc) is 3.77. The quantitative estimate of drug-likeness (QED) is 0.205. The maximum atomic E-state index is 14.3. The fraction of sp³-hybridized carbons (Fsp3) is 0.535. The average molecular weight is 710 g/mol. The zero-order valence-electron chi connectivity index (χ0n) is 31.5. The highest BCUT2D eigenvalue weighted by molar-refractivity contribution is 5.99. The SMILES string of the molecule is COc1c(CN2O[C@@H](CO)C(C(C)C)[C@H]2C(=O)N[C@H]2C[C@@H]3C[C@H]([C@@H]2C)C3(C)C)cccc1-c1cc2c(c(C(=O)NCCc3ccccc3)c1)OCC2. The Morgan fingerprint density at radius 3 is 2.56 bits per heavy atom. The monoisotopic (exact) mass is 709 g/mol. The van der Waals surface area contributed by atoms with E-state index in [2.05, 4.69) is 63.5 Å². The molecule has 3 N–H and O–H groups in total. The summed E-state index contributed by atoms with van der Waals surface area (Å²) >= 11 is 0. The van der Waals surface area contributed by atoms with Crippen LogP contribution in [0, 0.1) is 35.0 Å². The number of fused-ring (bicyclic) bond motifs is 3. The van der Waals surface area contributed by atoms with E-state index in [0.717, 1.165) is 40.7 Å². The lowest BCUT2D eigenvalue weighted by molar-refractivity contribution is -0.183. The van der Waals surface area contributed by atoms with E-state index in [0.29, 0.717) is 59.8 Å². The summed E-state index contributed by atoms with van der Waals surface area (Å²) in [6.45, 7) is 12.4. The third-order valence-corrected chi connectivity index (χ3v) is 12.8. The fourth-order valence-corrected chi connectivity index (χ4v) is 9.74. The Morgan fingerprint density at radius 2 is 1.87 bits per heavy atom. The molecule has 1 saturated heterocycles. The number of benzene rings is 3. The van der Waals surface area contributed by atoms with Crippen molar-refractivity contribution in [2.75, 3.05) is 26.9 Å². The Hall–Kier alpha value is -3.92. The van der Waals surface area contributed by atoms with Crippen molar-refractivity contribution in [1.82, 2.24) is 15.7 Å². The van der Waals surface area contributed by atoms with Crippen LogP contribution in [-0.2, 0) is 29.0 Å². The van der Waals surface area contributed by atoms with E-state index >= 15 is 0 Å². The van der Waals surface area contributed by atoms with Crippen molar-refractivity contribution < 1.29 is 29.0 Å². The van der Waals surface area contributed by atoms with E-state index in [4.69, 9.17) is 14.3 Å². The van der Waals surface area contributed by atoms with Crippen molar-refractivity contribution in [2.45, 2.75) is 85.0 Å². The van der Waals surface area contributed by atoms with E-state index in [1.54, 1.807) is 12.2 Å². The highest BCUT2D eigenvalue weighted by atomic mass is 16.7. The minimum atomic E-state index is -0.577. The van der Waals surface area contributed by atoms with E-state index < -0.39 is 12.1 Å². The molecule has 4 fully saturated rings. The van der Waals surface area contributed by atoms with Crippen LogP contribution in [0.3, 0.4) is 0 Å². The summed E-state index contributed by atoms with van der Waals surface area (Å²) in [5, 5.41) is 18.8. The molecule has 3 aliphatic carbocycles. The van der Waals surface area contributed by atoms with Gasteiger partial charge >= 0.3 is 0 Å². The zero-order valence-corrected chi connectivity index (χ0v) is 31.5. The summed E-state index contributed by atoms with van der Waals surface area (Å²) in [4.78, 5) is 34.3. The first kappa shape index (κ1) is 36.4. The van der Waals surface area contributed by atoms with Crippen LogP contribution in [0.15, 0.2) is 60.7 Å². The number of hydrogen-bond donors (Lipinski definition) is 3. The number of hydrogen-bond acceptors (Lipinski definition) is 7. The Balaban J connectivity index is 1.14. The van der Waals surface area contributed by atoms with Gasteiger partial charge in [-0.15, -0.1) is 0 Å². The summed E-state index contributed by atoms with van der Waals surface area (Å²) in [6, 6.07) is 19.6. The molecule has 7 atom stereocenters. The smallest absolute Gasteiger partial charge is 0.255 e. The summed E-state index contributed by atoms with van der Waals surface area (Å²) < 4.78 is 12.1. The molecule has 2 heterocycles. The Labute approximate surface area is 308 Å². The van der Waals surface area contributed by atoms with Gasteiger partial charge in [0.25, 0.3) is 5.91 Å². The fourth-order valence-electron chi connectivity index (χ4n) is 9.74. The summed E-state index contributed by atoms with van der Waals surface area (Å²) in [5.74, 6) is 2.62. The van der Waals surface area contributed by atoms with E-state index in [1.165, 1.54) is 6.42 Å². The molecule has 1 unspecified atom stereocenters. The van der Waals surface area contributed by atoms with Gasteiger partial charge in [-0.05, 0) is 77.2 Å². The predicted molar refractivity (Wildman–Crippen MR) is 201 cm³/mol. The van der Waals surface area contributed by atoms with Crippen molar-refractivity contribution in [3.63, 3.8) is 0 Å². The molecular formula is C43H55N3O6. The summed E-state index contributed by atoms with van der Waals surface area (Å²) in [6.07, 6.45) is 3.19. The lowest BCUT2D eigenvalue weighted by Crippen LogP contribution is -2.62. The molecule has 0 aromatic heterocycles. The number of methoxy groups -OCH3 is 1. The van der Waals surface area contributed by atoms with Gasteiger partial charge in [-0.2, -0.15) is 5.06 Å². The van der Waals surface area contributed by atoms with Crippen LogP contribution < -0.4 is 20.1 Å². The molecule has 9 nitrogen and oxygen atoms in total. The van der Waals surface area contributed by atoms with Crippen molar-refractivity contribution >= 4 is 11.8 Å². The number of para-hydroxylation sites is 1. The van der Waals surface area contributed by atoms with Crippen molar-refractivity contribution in [2.24, 2.45) is 35.0 Å². The molecule has 0 radical (unpaired) electrons. The second-order valence-corrected chi connectivity index (χ2v) is 16.3. The number of rotatable bonds is 12. The van der Waals surface area contributed by atoms with Gasteiger partial charge in [0.15, 0.2) is 0 Å². The van der Waals surface area contributed by atoms with Gasteiger partial charge in [-0.1, -0.05) is 83.1 Å². The van der Waals surface area contributed by atoms with Gasteiger partial charge in [0.1, 0.15) is 23.6 Å². The van der Waals surface area contributed by atoms with Gasteiger partial charge in [-0.25, -0.2) is 0 Å². The molecular weight excluding hydrogens is 654 g/mol. The van der Waals surface area contributed by atoms with Crippen LogP contribution in [0.1, 0.15) is 74.5 Å². The molecule has 3 aromatic carbocycles. The van der Waals surface area contributed by atoms with E-state index in [1.807, 2.05) is 42.5 Å². The third kappa shape index (κ3) is 6.72. The summed E-state index contributed by atoms with van der Waals surface area (Å²) in [5.41, 5.74) is 5.52. The van der Waals surface area contributed by atoms with Crippen LogP contribution in [0.2, 0.25) is 0 Å². The molecule has 2 aliphatic heterocycles. The van der Waals surface area contributed by atoms with Crippen molar-refractivity contribution in [3.05, 3.63) is 82.9 Å². The lowest BCUT2D eigenvalue weighted by Gasteiger charge is -2.62. The van der Waals surface area contributed by atoms with E-state index in [-0.39, 0.29) is 42.8 Å². The number of aliphatic hydroxyl groups excluding tert-OH is 1.